The minimum atomic E-state index is 0.958. The third-order valence-electron chi connectivity index (χ3n) is 2.78. The molecule has 1 aromatic carbocycles. The van der Waals surface area contributed by atoms with E-state index >= 15 is 0 Å². The second-order valence-electron chi connectivity index (χ2n) is 3.82. The van der Waals surface area contributed by atoms with Crippen LogP contribution in [0.15, 0.2) is 30.7 Å². The van der Waals surface area contributed by atoms with Gasteiger partial charge in [0.25, 0.3) is 0 Å². The summed E-state index contributed by atoms with van der Waals surface area (Å²) in [6.45, 7) is 2.11. The van der Waals surface area contributed by atoms with Crippen molar-refractivity contribution in [2.45, 2.75) is 6.92 Å². The molecule has 74 valence electrons. The van der Waals surface area contributed by atoms with Crippen LogP contribution < -0.4 is 0 Å². The fourth-order valence-corrected chi connectivity index (χ4v) is 2.05. The van der Waals surface area contributed by atoms with Gasteiger partial charge in [0, 0.05) is 12.4 Å². The van der Waals surface area contributed by atoms with Crippen molar-refractivity contribution in [2.75, 3.05) is 0 Å². The summed E-state index contributed by atoms with van der Waals surface area (Å²) in [5, 5.41) is 1.20. The van der Waals surface area contributed by atoms with Crippen LogP contribution in [-0.2, 0) is 7.05 Å². The van der Waals surface area contributed by atoms with E-state index in [2.05, 4.69) is 23.0 Å². The SMILES string of the molecule is Cc1cccc2ncc3ncn(C)c3c12. The molecule has 0 spiro atoms. The van der Waals surface area contributed by atoms with Crippen LogP contribution >= 0.6 is 0 Å². The summed E-state index contributed by atoms with van der Waals surface area (Å²) in [6, 6.07) is 6.18. The van der Waals surface area contributed by atoms with Crippen LogP contribution in [0.2, 0.25) is 0 Å². The predicted octanol–water partition coefficient (Wildman–Crippen LogP) is 2.43. The third-order valence-corrected chi connectivity index (χ3v) is 2.78. The number of nitrogens with zero attached hydrogens (tertiary/aromatic N) is 3. The number of hydrogen-bond donors (Lipinski definition) is 0. The molecule has 2 aromatic heterocycles. The van der Waals surface area contributed by atoms with Gasteiger partial charge in [0.2, 0.25) is 0 Å². The van der Waals surface area contributed by atoms with Crippen molar-refractivity contribution in [1.82, 2.24) is 14.5 Å². The predicted molar refractivity (Wildman–Crippen MR) is 60.8 cm³/mol. The van der Waals surface area contributed by atoms with E-state index in [9.17, 15) is 0 Å². The van der Waals surface area contributed by atoms with E-state index < -0.39 is 0 Å². The second-order valence-corrected chi connectivity index (χ2v) is 3.82. The first-order valence-electron chi connectivity index (χ1n) is 4.93. The number of aryl methyl sites for hydroxylation is 2. The highest BCUT2D eigenvalue weighted by Crippen LogP contribution is 2.24. The highest BCUT2D eigenvalue weighted by molar-refractivity contribution is 6.03. The second kappa shape index (κ2) is 2.79. The number of benzene rings is 1. The first-order valence-corrected chi connectivity index (χ1v) is 4.93. The molecule has 0 aliphatic rings. The molecule has 0 aliphatic carbocycles. The van der Waals surface area contributed by atoms with Gasteiger partial charge in [0.15, 0.2) is 0 Å². The van der Waals surface area contributed by atoms with E-state index in [0.717, 1.165) is 16.6 Å². The van der Waals surface area contributed by atoms with Gasteiger partial charge in [-0.1, -0.05) is 12.1 Å². The molecular weight excluding hydrogens is 186 g/mol. The van der Waals surface area contributed by atoms with Gasteiger partial charge in [0.1, 0.15) is 5.52 Å². The van der Waals surface area contributed by atoms with Crippen molar-refractivity contribution in [2.24, 2.45) is 7.05 Å². The highest BCUT2D eigenvalue weighted by Gasteiger charge is 2.07. The molecule has 0 fully saturated rings. The quantitative estimate of drug-likeness (QED) is 0.554. The van der Waals surface area contributed by atoms with Crippen molar-refractivity contribution in [3.05, 3.63) is 36.3 Å². The molecule has 0 saturated carbocycles. The van der Waals surface area contributed by atoms with Crippen molar-refractivity contribution >= 4 is 21.9 Å². The largest absolute Gasteiger partial charge is 0.333 e. The van der Waals surface area contributed by atoms with E-state index in [1.807, 2.05) is 36.3 Å². The molecule has 0 amide bonds. The van der Waals surface area contributed by atoms with E-state index in [4.69, 9.17) is 0 Å². The van der Waals surface area contributed by atoms with Crippen molar-refractivity contribution in [1.29, 1.82) is 0 Å². The topological polar surface area (TPSA) is 30.7 Å². The molecule has 0 bridgehead atoms. The van der Waals surface area contributed by atoms with Gasteiger partial charge < -0.3 is 4.57 Å². The van der Waals surface area contributed by atoms with Gasteiger partial charge in [-0.15, -0.1) is 0 Å². The van der Waals surface area contributed by atoms with Gasteiger partial charge in [0.05, 0.1) is 23.6 Å². The Morgan fingerprint density at radius 1 is 1.13 bits per heavy atom. The molecule has 3 rings (SSSR count). The summed E-state index contributed by atoms with van der Waals surface area (Å²) >= 11 is 0. The molecule has 3 nitrogen and oxygen atoms in total. The zero-order valence-corrected chi connectivity index (χ0v) is 8.73. The molecule has 0 unspecified atom stereocenters. The summed E-state index contributed by atoms with van der Waals surface area (Å²) in [5.41, 5.74) is 4.40. The van der Waals surface area contributed by atoms with E-state index in [1.54, 1.807) is 0 Å². The van der Waals surface area contributed by atoms with Gasteiger partial charge in [-0.05, 0) is 18.6 Å². The standard InChI is InChI=1S/C12H11N3/c1-8-4-3-5-9-11(8)12-10(6-13-9)14-7-15(12)2/h3-7H,1-2H3. The normalized spacial score (nSPS) is 11.3. The highest BCUT2D eigenvalue weighted by atomic mass is 15.0. The van der Waals surface area contributed by atoms with Gasteiger partial charge in [-0.2, -0.15) is 0 Å². The lowest BCUT2D eigenvalue weighted by Gasteiger charge is -2.03. The summed E-state index contributed by atoms with van der Waals surface area (Å²) in [4.78, 5) is 8.72. The molecular formula is C12H11N3. The molecule has 0 radical (unpaired) electrons. The number of imidazole rings is 1. The van der Waals surface area contributed by atoms with Crippen LogP contribution in [0.3, 0.4) is 0 Å². The summed E-state index contributed by atoms with van der Waals surface area (Å²) < 4.78 is 2.05. The number of fused-ring (bicyclic) bond motifs is 3. The van der Waals surface area contributed by atoms with E-state index in [1.165, 1.54) is 10.9 Å². The van der Waals surface area contributed by atoms with Crippen LogP contribution in [0.1, 0.15) is 5.56 Å². The number of aromatic nitrogens is 3. The van der Waals surface area contributed by atoms with Crippen LogP contribution in [0.5, 0.6) is 0 Å². The fraction of sp³-hybridized carbons (Fsp3) is 0.167. The smallest absolute Gasteiger partial charge is 0.107 e. The van der Waals surface area contributed by atoms with Gasteiger partial charge in [-0.3, -0.25) is 4.98 Å². The van der Waals surface area contributed by atoms with Crippen LogP contribution in [0, 0.1) is 6.92 Å². The molecule has 2 heterocycles. The lowest BCUT2D eigenvalue weighted by atomic mass is 10.1. The molecule has 0 atom stereocenters. The average Bonchev–Trinajstić information content (AvgIpc) is 2.61. The Morgan fingerprint density at radius 3 is 2.87 bits per heavy atom. The van der Waals surface area contributed by atoms with Crippen LogP contribution in [-0.4, -0.2) is 14.5 Å². The number of hydrogen-bond acceptors (Lipinski definition) is 2. The minimum Gasteiger partial charge on any atom is -0.333 e. The fourth-order valence-electron chi connectivity index (χ4n) is 2.05. The lowest BCUT2D eigenvalue weighted by Crippen LogP contribution is -1.89. The van der Waals surface area contributed by atoms with Gasteiger partial charge in [-0.25, -0.2) is 4.98 Å². The van der Waals surface area contributed by atoms with Crippen LogP contribution in [0.4, 0.5) is 0 Å². The van der Waals surface area contributed by atoms with Crippen molar-refractivity contribution in [3.8, 4) is 0 Å². The molecule has 15 heavy (non-hydrogen) atoms. The maximum Gasteiger partial charge on any atom is 0.107 e. The lowest BCUT2D eigenvalue weighted by molar-refractivity contribution is 0.950. The maximum absolute atomic E-state index is 4.41. The Labute approximate surface area is 87.4 Å². The number of pyridine rings is 1. The Bertz CT molecular complexity index is 652. The summed E-state index contributed by atoms with van der Waals surface area (Å²) in [5.74, 6) is 0. The molecule has 0 aliphatic heterocycles. The average molecular weight is 197 g/mol. The first-order chi connectivity index (χ1) is 7.27. The molecule has 0 saturated heterocycles. The van der Waals surface area contributed by atoms with E-state index in [-0.39, 0.29) is 0 Å². The zero-order valence-electron chi connectivity index (χ0n) is 8.73. The Balaban J connectivity index is 2.68. The monoisotopic (exact) mass is 197 g/mol. The molecule has 3 aromatic rings. The van der Waals surface area contributed by atoms with Crippen molar-refractivity contribution < 1.29 is 0 Å². The minimum absolute atomic E-state index is 0.958. The maximum atomic E-state index is 4.41. The zero-order chi connectivity index (χ0) is 10.4. The third kappa shape index (κ3) is 1.06. The van der Waals surface area contributed by atoms with E-state index in [0.29, 0.717) is 0 Å². The first kappa shape index (κ1) is 8.41. The molecule has 3 heteroatoms. The number of rotatable bonds is 0. The van der Waals surface area contributed by atoms with Crippen molar-refractivity contribution in [3.63, 3.8) is 0 Å². The van der Waals surface area contributed by atoms with Gasteiger partial charge >= 0.3 is 0 Å². The summed E-state index contributed by atoms with van der Waals surface area (Å²) in [7, 11) is 2.02. The Kier molecular flexibility index (Phi) is 1.57. The summed E-state index contributed by atoms with van der Waals surface area (Å²) in [6.07, 6.45) is 3.66. The Hall–Kier alpha value is -1.90. The van der Waals surface area contributed by atoms with Crippen LogP contribution in [0.25, 0.3) is 21.9 Å². The molecule has 0 N–H and O–H groups in total. The Morgan fingerprint density at radius 2 is 2.00 bits per heavy atom.